The van der Waals surface area contributed by atoms with Crippen LogP contribution in [0.1, 0.15) is 47.3 Å². The topological polar surface area (TPSA) is 36.4 Å². The predicted molar refractivity (Wildman–Crippen MR) is 135 cm³/mol. The van der Waals surface area contributed by atoms with E-state index in [1.807, 2.05) is 23.3 Å². The summed E-state index contributed by atoms with van der Waals surface area (Å²) in [4.78, 5) is 23.0. The number of amides is 1. The summed E-state index contributed by atoms with van der Waals surface area (Å²) in [5, 5.41) is 3.38. The summed E-state index contributed by atoms with van der Waals surface area (Å²) in [5.41, 5.74) is 3.50. The van der Waals surface area contributed by atoms with E-state index in [1.165, 1.54) is 20.5 Å². The number of nitrogens with zero attached hydrogens (tertiary/aromatic N) is 3. The molecule has 0 spiro atoms. The largest absolute Gasteiger partial charge is 0.372 e. The lowest BCUT2D eigenvalue weighted by molar-refractivity contribution is 0.0718. The lowest BCUT2D eigenvalue weighted by atomic mass is 9.97. The lowest BCUT2D eigenvalue weighted by Gasteiger charge is -2.30. The minimum absolute atomic E-state index is 0.178. The van der Waals surface area contributed by atoms with Gasteiger partial charge >= 0.3 is 0 Å². The smallest absolute Gasteiger partial charge is 0.263 e. The minimum Gasteiger partial charge on any atom is -0.372 e. The van der Waals surface area contributed by atoms with Crippen molar-refractivity contribution >= 4 is 46.0 Å². The third-order valence-corrected chi connectivity index (χ3v) is 9.10. The second-order valence-electron chi connectivity index (χ2n) is 7.68. The van der Waals surface area contributed by atoms with Gasteiger partial charge in [-0.1, -0.05) is 12.1 Å². The second kappa shape index (κ2) is 10.2. The number of rotatable bonds is 7. The summed E-state index contributed by atoms with van der Waals surface area (Å²) in [6, 6.07) is 12.7. The summed E-state index contributed by atoms with van der Waals surface area (Å²) in [7, 11) is 0. The van der Waals surface area contributed by atoms with Crippen molar-refractivity contribution in [2.75, 3.05) is 37.3 Å². The Balaban J connectivity index is 1.37. The van der Waals surface area contributed by atoms with Gasteiger partial charge in [0.05, 0.1) is 19.8 Å². The SMILES string of the molecule is CCN(CC)c1ccc(-c2csc(C3CCN(C(=O)c4ccc(SC)s4)CC3)n2)cc1. The minimum atomic E-state index is 0.178. The summed E-state index contributed by atoms with van der Waals surface area (Å²) in [6.07, 6.45) is 4.02. The van der Waals surface area contributed by atoms with Crippen LogP contribution < -0.4 is 4.90 Å². The molecule has 1 aromatic carbocycles. The molecular weight excluding hydrogens is 442 g/mol. The third kappa shape index (κ3) is 4.99. The van der Waals surface area contributed by atoms with Gasteiger partial charge < -0.3 is 9.80 Å². The Morgan fingerprint density at radius 2 is 1.84 bits per heavy atom. The van der Waals surface area contributed by atoms with Crippen molar-refractivity contribution in [2.24, 2.45) is 0 Å². The molecule has 0 saturated carbocycles. The average Bonchev–Trinajstić information content (AvgIpc) is 3.50. The van der Waals surface area contributed by atoms with Crippen molar-refractivity contribution in [1.82, 2.24) is 9.88 Å². The van der Waals surface area contributed by atoms with E-state index < -0.39 is 0 Å². The molecule has 164 valence electrons. The fourth-order valence-corrected chi connectivity index (χ4v) is 6.58. The van der Waals surface area contributed by atoms with Gasteiger partial charge in [0.2, 0.25) is 0 Å². The number of thiophene rings is 1. The lowest BCUT2D eigenvalue weighted by Crippen LogP contribution is -2.37. The molecule has 0 atom stereocenters. The van der Waals surface area contributed by atoms with Crippen LogP contribution in [-0.2, 0) is 0 Å². The first-order chi connectivity index (χ1) is 15.1. The van der Waals surface area contributed by atoms with Crippen molar-refractivity contribution in [2.45, 2.75) is 36.8 Å². The molecule has 4 rings (SSSR count). The maximum atomic E-state index is 12.8. The molecule has 7 heteroatoms. The van der Waals surface area contributed by atoms with E-state index >= 15 is 0 Å². The molecule has 1 aliphatic rings. The first-order valence-electron chi connectivity index (χ1n) is 10.9. The summed E-state index contributed by atoms with van der Waals surface area (Å²) in [5.74, 6) is 0.625. The number of anilines is 1. The number of hydrogen-bond acceptors (Lipinski definition) is 6. The van der Waals surface area contributed by atoms with Gasteiger partial charge in [0.15, 0.2) is 0 Å². The molecule has 1 fully saturated rings. The Hall–Kier alpha value is -1.83. The van der Waals surface area contributed by atoms with Crippen LogP contribution in [-0.4, -0.2) is 48.2 Å². The van der Waals surface area contributed by atoms with Crippen LogP contribution in [0, 0.1) is 0 Å². The molecule has 0 N–H and O–H groups in total. The van der Waals surface area contributed by atoms with Gasteiger partial charge in [-0.2, -0.15) is 0 Å². The fourth-order valence-electron chi connectivity index (χ4n) is 4.07. The van der Waals surface area contributed by atoms with Crippen LogP contribution in [0.4, 0.5) is 5.69 Å². The van der Waals surface area contributed by atoms with Gasteiger partial charge in [-0.05, 0) is 57.2 Å². The van der Waals surface area contributed by atoms with Crippen molar-refractivity contribution in [3.05, 3.63) is 51.7 Å². The quantitative estimate of drug-likeness (QED) is 0.371. The molecule has 2 aromatic heterocycles. The average molecular weight is 472 g/mol. The van der Waals surface area contributed by atoms with Crippen molar-refractivity contribution < 1.29 is 4.79 Å². The standard InChI is InChI=1S/C24H29N3OS3/c1-4-26(5-2)19-8-6-17(7-9-19)20-16-30-23(25-20)18-12-14-27(15-13-18)24(28)21-10-11-22(29-3)31-21/h6-11,16,18H,4-5,12-15H2,1-3H3. The highest BCUT2D eigenvalue weighted by molar-refractivity contribution is 8.00. The molecule has 1 amide bonds. The Bertz CT molecular complexity index is 999. The Kier molecular flexibility index (Phi) is 7.35. The molecule has 0 unspecified atom stereocenters. The molecular formula is C24H29N3OS3. The van der Waals surface area contributed by atoms with Gasteiger partial charge in [-0.15, -0.1) is 34.4 Å². The van der Waals surface area contributed by atoms with Gasteiger partial charge in [-0.25, -0.2) is 4.98 Å². The van der Waals surface area contributed by atoms with Gasteiger partial charge in [0.1, 0.15) is 0 Å². The zero-order valence-corrected chi connectivity index (χ0v) is 20.8. The van der Waals surface area contributed by atoms with Crippen LogP contribution in [0.3, 0.4) is 0 Å². The van der Waals surface area contributed by atoms with Crippen molar-refractivity contribution in [3.8, 4) is 11.3 Å². The molecule has 3 aromatic rings. The molecule has 0 aliphatic carbocycles. The van der Waals surface area contributed by atoms with Gasteiger partial charge in [0.25, 0.3) is 5.91 Å². The first kappa shape index (κ1) is 22.4. The number of thioether (sulfide) groups is 1. The number of benzene rings is 1. The van der Waals surface area contributed by atoms with E-state index in [1.54, 1.807) is 34.4 Å². The second-order valence-corrected chi connectivity index (χ2v) is 10.8. The van der Waals surface area contributed by atoms with Gasteiger partial charge in [-0.3, -0.25) is 4.79 Å². The predicted octanol–water partition coefficient (Wildman–Crippen LogP) is 6.46. The van der Waals surface area contributed by atoms with E-state index in [9.17, 15) is 4.79 Å². The monoisotopic (exact) mass is 471 g/mol. The Morgan fingerprint density at radius 1 is 1.13 bits per heavy atom. The van der Waals surface area contributed by atoms with Crippen molar-refractivity contribution in [3.63, 3.8) is 0 Å². The highest BCUT2D eigenvalue weighted by Gasteiger charge is 2.27. The Labute approximate surface area is 197 Å². The molecule has 0 radical (unpaired) electrons. The number of aromatic nitrogens is 1. The van der Waals surface area contributed by atoms with Crippen LogP contribution in [0.15, 0.2) is 46.0 Å². The van der Waals surface area contributed by atoms with E-state index in [0.29, 0.717) is 5.92 Å². The summed E-state index contributed by atoms with van der Waals surface area (Å²) < 4.78 is 1.19. The molecule has 1 saturated heterocycles. The molecule has 31 heavy (non-hydrogen) atoms. The number of likely N-dealkylation sites (tertiary alicyclic amines) is 1. The molecule has 3 heterocycles. The van der Waals surface area contributed by atoms with Gasteiger partial charge in [0, 0.05) is 48.7 Å². The van der Waals surface area contributed by atoms with Crippen LogP contribution >= 0.6 is 34.4 Å². The first-order valence-corrected chi connectivity index (χ1v) is 13.8. The highest BCUT2D eigenvalue weighted by atomic mass is 32.2. The van der Waals surface area contributed by atoms with E-state index in [4.69, 9.17) is 4.98 Å². The Morgan fingerprint density at radius 3 is 2.45 bits per heavy atom. The number of piperidine rings is 1. The fraction of sp³-hybridized carbons (Fsp3) is 0.417. The summed E-state index contributed by atoms with van der Waals surface area (Å²) >= 11 is 5.05. The zero-order chi connectivity index (χ0) is 21.8. The van der Waals surface area contributed by atoms with Crippen LogP contribution in [0.25, 0.3) is 11.3 Å². The third-order valence-electron chi connectivity index (χ3n) is 5.94. The number of carbonyl (C=O) groups is 1. The zero-order valence-electron chi connectivity index (χ0n) is 18.3. The maximum Gasteiger partial charge on any atom is 0.263 e. The molecule has 0 bridgehead atoms. The number of hydrogen-bond donors (Lipinski definition) is 0. The molecule has 4 nitrogen and oxygen atoms in total. The van der Waals surface area contributed by atoms with E-state index in [0.717, 1.165) is 49.6 Å². The van der Waals surface area contributed by atoms with E-state index in [-0.39, 0.29) is 5.91 Å². The van der Waals surface area contributed by atoms with Crippen molar-refractivity contribution in [1.29, 1.82) is 0 Å². The van der Waals surface area contributed by atoms with Crippen LogP contribution in [0.5, 0.6) is 0 Å². The highest BCUT2D eigenvalue weighted by Crippen LogP contribution is 2.34. The normalized spacial score (nSPS) is 14.7. The molecule has 1 aliphatic heterocycles. The number of carbonyl (C=O) groups excluding carboxylic acids is 1. The maximum absolute atomic E-state index is 12.8. The van der Waals surface area contributed by atoms with Crippen LogP contribution in [0.2, 0.25) is 0 Å². The summed E-state index contributed by atoms with van der Waals surface area (Å²) in [6.45, 7) is 8.02. The van der Waals surface area contributed by atoms with E-state index in [2.05, 4.69) is 48.4 Å². The number of thiazole rings is 1.